The van der Waals surface area contributed by atoms with Crippen molar-refractivity contribution >= 4 is 16.9 Å². The monoisotopic (exact) mass is 405 g/mol. The van der Waals surface area contributed by atoms with Crippen LogP contribution in [0, 0.1) is 0 Å². The minimum Gasteiger partial charge on any atom is -0.490 e. The summed E-state index contributed by atoms with van der Waals surface area (Å²) in [5.41, 5.74) is 2.65. The van der Waals surface area contributed by atoms with Gasteiger partial charge in [0.2, 0.25) is 0 Å². The molecule has 30 heavy (non-hydrogen) atoms. The maximum absolute atomic E-state index is 13.3. The number of benzene rings is 2. The van der Waals surface area contributed by atoms with Gasteiger partial charge in [-0.05, 0) is 49.9 Å². The second kappa shape index (κ2) is 8.48. The molecule has 6 heteroatoms. The molecular weight excluding hydrogens is 378 g/mol. The highest BCUT2D eigenvalue weighted by Crippen LogP contribution is 2.29. The maximum Gasteiger partial charge on any atom is 0.257 e. The van der Waals surface area contributed by atoms with Gasteiger partial charge in [0, 0.05) is 25.6 Å². The molecule has 0 saturated carbocycles. The van der Waals surface area contributed by atoms with Crippen molar-refractivity contribution in [1.82, 2.24) is 14.9 Å². The molecule has 5 rings (SSSR count). The van der Waals surface area contributed by atoms with Crippen molar-refractivity contribution in [2.75, 3.05) is 26.3 Å². The number of imidazole rings is 1. The zero-order valence-electron chi connectivity index (χ0n) is 17.0. The van der Waals surface area contributed by atoms with E-state index in [1.165, 1.54) is 0 Å². The molecule has 1 N–H and O–H groups in total. The van der Waals surface area contributed by atoms with Crippen molar-refractivity contribution in [3.63, 3.8) is 0 Å². The predicted octanol–water partition coefficient (Wildman–Crippen LogP) is 4.14. The molecule has 1 aromatic heterocycles. The van der Waals surface area contributed by atoms with Crippen LogP contribution >= 0.6 is 0 Å². The Morgan fingerprint density at radius 1 is 1.13 bits per heavy atom. The first-order valence-corrected chi connectivity index (χ1v) is 10.9. The van der Waals surface area contributed by atoms with Crippen LogP contribution in [0.2, 0.25) is 0 Å². The Kier molecular flexibility index (Phi) is 5.41. The quantitative estimate of drug-likeness (QED) is 0.693. The number of hydrogen-bond donors (Lipinski definition) is 1. The summed E-state index contributed by atoms with van der Waals surface area (Å²) in [6.07, 6.45) is 4.21. The number of para-hydroxylation sites is 3. The number of nitrogens with zero attached hydrogens (tertiary/aromatic N) is 2. The lowest BCUT2D eigenvalue weighted by Crippen LogP contribution is -2.39. The molecule has 3 aromatic rings. The summed E-state index contributed by atoms with van der Waals surface area (Å²) in [6, 6.07) is 15.6. The number of H-pyrrole nitrogens is 1. The second-order valence-electron chi connectivity index (χ2n) is 8.17. The molecule has 1 amide bonds. The first kappa shape index (κ1) is 19.1. The van der Waals surface area contributed by atoms with E-state index in [9.17, 15) is 4.79 Å². The van der Waals surface area contributed by atoms with Crippen molar-refractivity contribution in [1.29, 1.82) is 0 Å². The number of rotatable bonds is 5. The molecule has 2 aliphatic rings. The van der Waals surface area contributed by atoms with Crippen LogP contribution in [-0.2, 0) is 4.74 Å². The summed E-state index contributed by atoms with van der Waals surface area (Å²) in [5.74, 6) is 1.86. The number of fused-ring (bicyclic) bond motifs is 1. The summed E-state index contributed by atoms with van der Waals surface area (Å²) < 4.78 is 11.6. The first-order chi connectivity index (χ1) is 14.8. The van der Waals surface area contributed by atoms with Crippen molar-refractivity contribution in [2.24, 2.45) is 0 Å². The number of carbonyl (C=O) groups excluding carboxylic acids is 1. The highest BCUT2D eigenvalue weighted by Gasteiger charge is 2.29. The molecule has 0 spiro atoms. The molecule has 0 radical (unpaired) electrons. The SMILES string of the molecule is O=C(c1ccccc1OCC1CCCO1)N1CCCC(c2nc3ccccc3[nH]2)C1. The van der Waals surface area contributed by atoms with E-state index in [4.69, 9.17) is 14.5 Å². The fraction of sp³-hybridized carbons (Fsp3) is 0.417. The number of likely N-dealkylation sites (tertiary alicyclic amines) is 1. The highest BCUT2D eigenvalue weighted by molar-refractivity contribution is 5.97. The molecule has 2 atom stereocenters. The minimum atomic E-state index is 0.0266. The summed E-state index contributed by atoms with van der Waals surface area (Å²) in [7, 11) is 0. The zero-order chi connectivity index (χ0) is 20.3. The van der Waals surface area contributed by atoms with Gasteiger partial charge < -0.3 is 19.4 Å². The molecule has 0 aliphatic carbocycles. The largest absolute Gasteiger partial charge is 0.490 e. The van der Waals surface area contributed by atoms with Crippen LogP contribution in [-0.4, -0.2) is 53.2 Å². The third-order valence-corrected chi connectivity index (χ3v) is 6.07. The molecule has 2 aliphatic heterocycles. The summed E-state index contributed by atoms with van der Waals surface area (Å²) in [4.78, 5) is 23.5. The van der Waals surface area contributed by atoms with E-state index in [-0.39, 0.29) is 17.9 Å². The molecule has 2 aromatic carbocycles. The van der Waals surface area contributed by atoms with Gasteiger partial charge in [-0.1, -0.05) is 24.3 Å². The van der Waals surface area contributed by atoms with Crippen LogP contribution in [0.1, 0.15) is 47.8 Å². The lowest BCUT2D eigenvalue weighted by atomic mass is 9.96. The predicted molar refractivity (Wildman–Crippen MR) is 115 cm³/mol. The Bertz CT molecular complexity index is 992. The van der Waals surface area contributed by atoms with E-state index >= 15 is 0 Å². The van der Waals surface area contributed by atoms with Crippen molar-refractivity contribution < 1.29 is 14.3 Å². The summed E-state index contributed by atoms with van der Waals surface area (Å²) in [5, 5.41) is 0. The standard InChI is InChI=1S/C24H27N3O3/c28-24(19-9-1-4-12-22(19)30-16-18-8-6-14-29-18)27-13-5-7-17(15-27)23-25-20-10-2-3-11-21(20)26-23/h1-4,9-12,17-18H,5-8,13-16H2,(H,25,26). The lowest BCUT2D eigenvalue weighted by Gasteiger charge is -2.32. The van der Waals surface area contributed by atoms with Crippen LogP contribution < -0.4 is 4.74 Å². The molecule has 3 heterocycles. The molecule has 6 nitrogen and oxygen atoms in total. The molecule has 156 valence electrons. The highest BCUT2D eigenvalue weighted by atomic mass is 16.5. The Balaban J connectivity index is 1.31. The third kappa shape index (κ3) is 3.92. The van der Waals surface area contributed by atoms with Gasteiger partial charge in [-0.15, -0.1) is 0 Å². The number of piperidine rings is 1. The van der Waals surface area contributed by atoms with Gasteiger partial charge in [-0.3, -0.25) is 4.79 Å². The van der Waals surface area contributed by atoms with E-state index in [0.717, 1.165) is 55.7 Å². The molecule has 2 fully saturated rings. The fourth-order valence-corrected chi connectivity index (χ4v) is 4.45. The Hall–Kier alpha value is -2.86. The average Bonchev–Trinajstić information content (AvgIpc) is 3.47. The number of aromatic amines is 1. The fourth-order valence-electron chi connectivity index (χ4n) is 4.45. The number of nitrogens with one attached hydrogen (secondary N) is 1. The maximum atomic E-state index is 13.3. The van der Waals surface area contributed by atoms with Crippen molar-refractivity contribution in [3.8, 4) is 5.75 Å². The van der Waals surface area contributed by atoms with E-state index in [1.54, 1.807) is 0 Å². The van der Waals surface area contributed by atoms with Crippen molar-refractivity contribution in [2.45, 2.75) is 37.7 Å². The van der Waals surface area contributed by atoms with Gasteiger partial charge in [0.05, 0.1) is 22.7 Å². The van der Waals surface area contributed by atoms with Crippen LogP contribution in [0.25, 0.3) is 11.0 Å². The van der Waals surface area contributed by atoms with Crippen LogP contribution in [0.15, 0.2) is 48.5 Å². The number of aromatic nitrogens is 2. The van der Waals surface area contributed by atoms with Crippen molar-refractivity contribution in [3.05, 3.63) is 59.9 Å². The Morgan fingerprint density at radius 2 is 2.00 bits per heavy atom. The molecule has 2 saturated heterocycles. The van der Waals surface area contributed by atoms with Gasteiger partial charge in [-0.25, -0.2) is 4.98 Å². The summed E-state index contributed by atoms with van der Waals surface area (Å²) in [6.45, 7) is 2.71. The Morgan fingerprint density at radius 3 is 2.87 bits per heavy atom. The van der Waals surface area contributed by atoms with Gasteiger partial charge in [0.15, 0.2) is 0 Å². The van der Waals surface area contributed by atoms with E-state index in [0.29, 0.717) is 24.5 Å². The van der Waals surface area contributed by atoms with Gasteiger partial charge in [0.25, 0.3) is 5.91 Å². The lowest BCUT2D eigenvalue weighted by molar-refractivity contribution is 0.0635. The Labute approximate surface area is 176 Å². The molecule has 2 unspecified atom stereocenters. The normalized spacial score (nSPS) is 21.8. The smallest absolute Gasteiger partial charge is 0.257 e. The third-order valence-electron chi connectivity index (χ3n) is 6.07. The van der Waals surface area contributed by atoms with E-state index < -0.39 is 0 Å². The number of carbonyl (C=O) groups is 1. The van der Waals surface area contributed by atoms with Gasteiger partial charge in [0.1, 0.15) is 18.2 Å². The average molecular weight is 405 g/mol. The van der Waals surface area contributed by atoms with Crippen LogP contribution in [0.5, 0.6) is 5.75 Å². The van der Waals surface area contributed by atoms with Crippen LogP contribution in [0.3, 0.4) is 0 Å². The minimum absolute atomic E-state index is 0.0266. The van der Waals surface area contributed by atoms with E-state index in [2.05, 4.69) is 4.98 Å². The molecule has 0 bridgehead atoms. The topological polar surface area (TPSA) is 67.5 Å². The number of amides is 1. The molecular formula is C24H27N3O3. The zero-order valence-corrected chi connectivity index (χ0v) is 17.0. The van der Waals surface area contributed by atoms with Gasteiger partial charge in [-0.2, -0.15) is 0 Å². The van der Waals surface area contributed by atoms with Gasteiger partial charge >= 0.3 is 0 Å². The first-order valence-electron chi connectivity index (χ1n) is 10.9. The number of hydrogen-bond acceptors (Lipinski definition) is 4. The second-order valence-corrected chi connectivity index (χ2v) is 8.17. The van der Waals surface area contributed by atoms with E-state index in [1.807, 2.05) is 53.4 Å². The number of ether oxygens (including phenoxy) is 2. The summed E-state index contributed by atoms with van der Waals surface area (Å²) >= 11 is 0. The van der Waals surface area contributed by atoms with Crippen LogP contribution in [0.4, 0.5) is 0 Å².